The van der Waals surface area contributed by atoms with Crippen molar-refractivity contribution in [3.05, 3.63) is 0 Å². The van der Waals surface area contributed by atoms with Crippen LogP contribution >= 0.6 is 34.8 Å². The van der Waals surface area contributed by atoms with Crippen LogP contribution in [0.2, 0.25) is 0 Å². The van der Waals surface area contributed by atoms with Gasteiger partial charge in [0.2, 0.25) is 0 Å². The number of primary amides is 1. The molecule has 0 fully saturated rings. The summed E-state index contributed by atoms with van der Waals surface area (Å²) in [4.78, 5) is 20.4. The van der Waals surface area contributed by atoms with Gasteiger partial charge in [-0.05, 0) is 0 Å². The number of nitrogens with two attached hydrogens (primary N) is 1. The van der Waals surface area contributed by atoms with E-state index in [4.69, 9.17) is 34.8 Å². The molecule has 0 aliphatic carbocycles. The second-order valence-electron chi connectivity index (χ2n) is 1.54. The van der Waals surface area contributed by atoms with Crippen LogP contribution in [0.25, 0.3) is 0 Å². The second kappa shape index (κ2) is 4.59. The maximum atomic E-state index is 10.5. The molecule has 0 bridgehead atoms. The molecule has 0 rings (SSSR count). The first-order chi connectivity index (χ1) is 5.37. The van der Waals surface area contributed by atoms with Gasteiger partial charge in [-0.3, -0.25) is 0 Å². The Morgan fingerprint density at radius 2 is 1.92 bits per heavy atom. The fourth-order valence-electron chi connectivity index (χ4n) is 0.252. The molecule has 1 amide bonds. The minimum absolute atomic E-state index is 0.371. The fraction of sp³-hybridized carbons (Fsp3) is 0.500. The van der Waals surface area contributed by atoms with E-state index in [1.54, 1.807) is 0 Å². The van der Waals surface area contributed by atoms with Crippen molar-refractivity contribution in [3.63, 3.8) is 0 Å². The summed E-state index contributed by atoms with van der Waals surface area (Å²) >= 11 is 15.7. The van der Waals surface area contributed by atoms with Gasteiger partial charge in [0, 0.05) is 0 Å². The first-order valence-electron chi connectivity index (χ1n) is 2.51. The molecule has 0 aliphatic rings. The predicted molar refractivity (Wildman–Crippen MR) is 42.3 cm³/mol. The molecule has 0 aliphatic heterocycles. The smallest absolute Gasteiger partial charge is 0.396 e. The molecular weight excluding hydrogens is 232 g/mol. The monoisotopic (exact) mass is 235 g/mol. The standard InChI is InChI=1S/C4H4Cl3NO4/c5-1-4(6,7)12-3(10)11-2(8)9/h1H2,(H2,8,9). The Hall–Kier alpha value is -0.390. The summed E-state index contributed by atoms with van der Waals surface area (Å²) < 4.78 is 5.95. The van der Waals surface area contributed by atoms with Crippen molar-refractivity contribution in [2.45, 2.75) is 4.52 Å². The number of hydrogen-bond acceptors (Lipinski definition) is 4. The van der Waals surface area contributed by atoms with E-state index in [2.05, 4.69) is 15.2 Å². The van der Waals surface area contributed by atoms with E-state index in [0.717, 1.165) is 0 Å². The lowest BCUT2D eigenvalue weighted by Gasteiger charge is -2.14. The molecule has 0 saturated carbocycles. The predicted octanol–water partition coefficient (Wildman–Crippen LogP) is 1.59. The Morgan fingerprint density at radius 3 is 2.25 bits per heavy atom. The summed E-state index contributed by atoms with van der Waals surface area (Å²) in [5.41, 5.74) is 4.47. The number of ether oxygens (including phenoxy) is 2. The van der Waals surface area contributed by atoms with E-state index >= 15 is 0 Å². The minimum Gasteiger partial charge on any atom is -0.396 e. The third-order valence-electron chi connectivity index (χ3n) is 0.572. The molecule has 0 aromatic rings. The van der Waals surface area contributed by atoms with E-state index in [1.807, 2.05) is 0 Å². The van der Waals surface area contributed by atoms with E-state index in [1.165, 1.54) is 0 Å². The van der Waals surface area contributed by atoms with Crippen LogP contribution in [0.3, 0.4) is 0 Å². The van der Waals surface area contributed by atoms with E-state index in [0.29, 0.717) is 0 Å². The highest BCUT2D eigenvalue weighted by Crippen LogP contribution is 2.24. The van der Waals surface area contributed by atoms with Gasteiger partial charge in [-0.1, -0.05) is 23.2 Å². The van der Waals surface area contributed by atoms with E-state index in [9.17, 15) is 9.59 Å². The highest BCUT2D eigenvalue weighted by molar-refractivity contribution is 6.50. The summed E-state index contributed by atoms with van der Waals surface area (Å²) in [5, 5.41) is 0. The number of hydrogen-bond donors (Lipinski definition) is 1. The summed E-state index contributed by atoms with van der Waals surface area (Å²) in [6.07, 6.45) is -2.73. The first kappa shape index (κ1) is 11.6. The zero-order valence-corrected chi connectivity index (χ0v) is 7.82. The number of halogens is 3. The molecule has 5 nitrogen and oxygen atoms in total. The van der Waals surface area contributed by atoms with Crippen LogP contribution in [0.1, 0.15) is 0 Å². The maximum Gasteiger partial charge on any atom is 0.520 e. The zero-order chi connectivity index (χ0) is 9.78. The Kier molecular flexibility index (Phi) is 4.44. The molecule has 0 aromatic carbocycles. The molecule has 0 aromatic heterocycles. The SMILES string of the molecule is NC(=O)OC(=O)OC(Cl)(Cl)CCl. The molecule has 0 spiro atoms. The Bertz CT molecular complexity index is 195. The number of carbonyl (C=O) groups is 2. The van der Waals surface area contributed by atoms with Gasteiger partial charge in [0.05, 0.1) is 5.88 Å². The van der Waals surface area contributed by atoms with Gasteiger partial charge >= 0.3 is 12.2 Å². The van der Waals surface area contributed by atoms with Crippen LogP contribution in [-0.4, -0.2) is 22.6 Å². The van der Waals surface area contributed by atoms with Crippen molar-refractivity contribution < 1.29 is 19.1 Å². The van der Waals surface area contributed by atoms with Gasteiger partial charge in [-0.15, -0.1) is 11.6 Å². The number of alkyl halides is 3. The third kappa shape index (κ3) is 5.29. The molecule has 70 valence electrons. The molecule has 2 N–H and O–H groups in total. The van der Waals surface area contributed by atoms with E-state index in [-0.39, 0.29) is 5.88 Å². The normalized spacial score (nSPS) is 10.6. The highest BCUT2D eigenvalue weighted by atomic mass is 35.5. The first-order valence-corrected chi connectivity index (χ1v) is 3.80. The minimum atomic E-state index is -1.92. The highest BCUT2D eigenvalue weighted by Gasteiger charge is 2.29. The molecule has 0 atom stereocenters. The van der Waals surface area contributed by atoms with Crippen molar-refractivity contribution in [2.24, 2.45) is 5.73 Å². The van der Waals surface area contributed by atoms with Crippen LogP contribution < -0.4 is 5.73 Å². The summed E-state index contributed by atoms with van der Waals surface area (Å²) in [7, 11) is 0. The molecular formula is C4H4Cl3NO4. The molecule has 0 saturated heterocycles. The van der Waals surface area contributed by atoms with Crippen molar-refractivity contribution in [2.75, 3.05) is 5.88 Å². The van der Waals surface area contributed by atoms with Crippen molar-refractivity contribution >= 4 is 47.1 Å². The quantitative estimate of drug-likeness (QED) is 0.448. The van der Waals surface area contributed by atoms with E-state index < -0.39 is 16.8 Å². The topological polar surface area (TPSA) is 78.6 Å². The van der Waals surface area contributed by atoms with Crippen LogP contribution in [0.5, 0.6) is 0 Å². The van der Waals surface area contributed by atoms with Crippen LogP contribution in [0.4, 0.5) is 9.59 Å². The molecule has 8 heteroatoms. The maximum absolute atomic E-state index is 10.5. The third-order valence-corrected chi connectivity index (χ3v) is 1.64. The van der Waals surface area contributed by atoms with Crippen molar-refractivity contribution in [3.8, 4) is 0 Å². The molecule has 12 heavy (non-hydrogen) atoms. The molecule has 0 radical (unpaired) electrons. The molecule has 0 unspecified atom stereocenters. The second-order valence-corrected chi connectivity index (χ2v) is 3.23. The Labute approximate surface area is 82.6 Å². The van der Waals surface area contributed by atoms with Gasteiger partial charge in [-0.25, -0.2) is 9.59 Å². The van der Waals surface area contributed by atoms with Gasteiger partial charge < -0.3 is 15.2 Å². The largest absolute Gasteiger partial charge is 0.520 e. The summed E-state index contributed by atoms with van der Waals surface area (Å²) in [6.45, 7) is 0. The molecule has 0 heterocycles. The average molecular weight is 236 g/mol. The number of rotatable bonds is 2. The lowest BCUT2D eigenvalue weighted by Crippen LogP contribution is -2.28. The van der Waals surface area contributed by atoms with Gasteiger partial charge in [0.25, 0.3) is 4.52 Å². The summed E-state index contributed by atoms with van der Waals surface area (Å²) in [6, 6.07) is 0. The fourth-order valence-corrected chi connectivity index (χ4v) is 0.433. The van der Waals surface area contributed by atoms with Gasteiger partial charge in [0.15, 0.2) is 0 Å². The lowest BCUT2D eigenvalue weighted by atomic mass is 10.8. The number of carbonyl (C=O) groups excluding carboxylic acids is 2. The Balaban J connectivity index is 3.92. The van der Waals surface area contributed by atoms with Crippen LogP contribution in [-0.2, 0) is 9.47 Å². The number of amides is 1. The zero-order valence-electron chi connectivity index (χ0n) is 5.55. The van der Waals surface area contributed by atoms with Crippen molar-refractivity contribution in [1.29, 1.82) is 0 Å². The Morgan fingerprint density at radius 1 is 1.42 bits per heavy atom. The van der Waals surface area contributed by atoms with Crippen LogP contribution in [0.15, 0.2) is 0 Å². The van der Waals surface area contributed by atoms with Gasteiger partial charge in [-0.2, -0.15) is 0 Å². The van der Waals surface area contributed by atoms with Crippen molar-refractivity contribution in [1.82, 2.24) is 0 Å². The lowest BCUT2D eigenvalue weighted by molar-refractivity contribution is 0.0622. The van der Waals surface area contributed by atoms with Crippen LogP contribution in [0, 0.1) is 0 Å². The van der Waals surface area contributed by atoms with Gasteiger partial charge in [0.1, 0.15) is 0 Å². The average Bonchev–Trinajstić information content (AvgIpc) is 1.84. The summed E-state index contributed by atoms with van der Waals surface area (Å²) in [5.74, 6) is -0.371.